The van der Waals surface area contributed by atoms with Gasteiger partial charge in [0.15, 0.2) is 0 Å². The predicted molar refractivity (Wildman–Crippen MR) is 72.1 cm³/mol. The van der Waals surface area contributed by atoms with Gasteiger partial charge in [-0.15, -0.1) is 0 Å². The van der Waals surface area contributed by atoms with E-state index in [1.807, 2.05) is 30.3 Å². The third-order valence-electron chi connectivity index (χ3n) is 2.47. The van der Waals surface area contributed by atoms with Gasteiger partial charge in [-0.2, -0.15) is 0 Å². The van der Waals surface area contributed by atoms with Gasteiger partial charge in [-0.05, 0) is 35.9 Å². The summed E-state index contributed by atoms with van der Waals surface area (Å²) in [6, 6.07) is 9.58. The molecule has 0 aliphatic heterocycles. The first kappa shape index (κ1) is 12.7. The Morgan fingerprint density at radius 2 is 1.94 bits per heavy atom. The van der Waals surface area contributed by atoms with Crippen LogP contribution in [-0.2, 0) is 11.3 Å². The van der Waals surface area contributed by atoms with Crippen molar-refractivity contribution < 1.29 is 9.47 Å². The molecule has 94 valence electrons. The molecule has 2 rings (SSSR count). The summed E-state index contributed by atoms with van der Waals surface area (Å²) in [5.74, 6) is 1.54. The third-order valence-corrected chi connectivity index (χ3v) is 2.68. The molecule has 0 unspecified atom stereocenters. The third kappa shape index (κ3) is 2.94. The summed E-state index contributed by atoms with van der Waals surface area (Å²) in [5, 5.41) is 0. The first-order valence-corrected chi connectivity index (χ1v) is 5.87. The summed E-state index contributed by atoms with van der Waals surface area (Å²) < 4.78 is 10.7. The van der Waals surface area contributed by atoms with Crippen LogP contribution in [0.5, 0.6) is 5.75 Å². The van der Waals surface area contributed by atoms with Gasteiger partial charge in [0.05, 0.1) is 7.11 Å². The Morgan fingerprint density at radius 3 is 2.56 bits per heavy atom. The standard InChI is InChI=1S/C13H14N2O2S/c1-16-8-12-14-11(7-13(18)15-12)9-3-5-10(17-2)6-4-9/h3-7H,8H2,1-2H3,(H,14,15,18). The van der Waals surface area contributed by atoms with Crippen molar-refractivity contribution in [2.75, 3.05) is 14.2 Å². The number of methoxy groups -OCH3 is 2. The number of ether oxygens (including phenoxy) is 2. The fourth-order valence-corrected chi connectivity index (χ4v) is 1.87. The molecule has 0 saturated heterocycles. The van der Waals surface area contributed by atoms with Crippen molar-refractivity contribution in [2.45, 2.75) is 6.61 Å². The van der Waals surface area contributed by atoms with Gasteiger partial charge in [-0.1, -0.05) is 12.2 Å². The lowest BCUT2D eigenvalue weighted by molar-refractivity contribution is 0.177. The van der Waals surface area contributed by atoms with Crippen LogP contribution in [0.1, 0.15) is 5.82 Å². The molecule has 4 nitrogen and oxygen atoms in total. The highest BCUT2D eigenvalue weighted by Crippen LogP contribution is 2.20. The van der Waals surface area contributed by atoms with Gasteiger partial charge in [0.2, 0.25) is 0 Å². The van der Waals surface area contributed by atoms with Crippen LogP contribution in [-0.4, -0.2) is 24.2 Å². The van der Waals surface area contributed by atoms with Gasteiger partial charge in [0, 0.05) is 12.8 Å². The van der Waals surface area contributed by atoms with E-state index >= 15 is 0 Å². The lowest BCUT2D eigenvalue weighted by Gasteiger charge is -2.06. The van der Waals surface area contributed by atoms with Crippen LogP contribution >= 0.6 is 12.2 Å². The minimum Gasteiger partial charge on any atom is -0.497 e. The van der Waals surface area contributed by atoms with E-state index in [1.165, 1.54) is 0 Å². The Labute approximate surface area is 111 Å². The first-order chi connectivity index (χ1) is 8.72. The van der Waals surface area contributed by atoms with E-state index in [9.17, 15) is 0 Å². The molecule has 0 spiro atoms. The van der Waals surface area contributed by atoms with E-state index in [1.54, 1.807) is 14.2 Å². The number of aromatic nitrogens is 2. The van der Waals surface area contributed by atoms with Crippen molar-refractivity contribution >= 4 is 12.2 Å². The zero-order valence-electron chi connectivity index (χ0n) is 10.3. The molecule has 1 heterocycles. The Hall–Kier alpha value is -1.72. The van der Waals surface area contributed by atoms with E-state index in [4.69, 9.17) is 21.7 Å². The van der Waals surface area contributed by atoms with Crippen molar-refractivity contribution in [1.82, 2.24) is 9.97 Å². The highest BCUT2D eigenvalue weighted by Gasteiger charge is 2.02. The van der Waals surface area contributed by atoms with Gasteiger partial charge in [-0.25, -0.2) is 4.98 Å². The molecule has 2 aromatic rings. The summed E-state index contributed by atoms with van der Waals surface area (Å²) in [6.45, 7) is 0.410. The van der Waals surface area contributed by atoms with Gasteiger partial charge < -0.3 is 14.5 Å². The molecule has 18 heavy (non-hydrogen) atoms. The summed E-state index contributed by atoms with van der Waals surface area (Å²) in [7, 11) is 3.27. The minimum atomic E-state index is 0.410. The largest absolute Gasteiger partial charge is 0.497 e. The SMILES string of the molecule is COCc1nc(=S)cc(-c2ccc(OC)cc2)[nH]1. The van der Waals surface area contributed by atoms with Crippen LogP contribution in [0.25, 0.3) is 11.3 Å². The van der Waals surface area contributed by atoms with E-state index in [-0.39, 0.29) is 0 Å². The van der Waals surface area contributed by atoms with Crippen LogP contribution in [0, 0.1) is 4.64 Å². The van der Waals surface area contributed by atoms with Crippen LogP contribution < -0.4 is 4.74 Å². The van der Waals surface area contributed by atoms with Crippen molar-refractivity contribution in [2.24, 2.45) is 0 Å². The number of aromatic amines is 1. The lowest BCUT2D eigenvalue weighted by Crippen LogP contribution is -1.98. The van der Waals surface area contributed by atoms with Gasteiger partial charge in [0.25, 0.3) is 0 Å². The van der Waals surface area contributed by atoms with E-state index in [0.717, 1.165) is 22.8 Å². The molecule has 1 N–H and O–H groups in total. The van der Waals surface area contributed by atoms with E-state index in [0.29, 0.717) is 11.2 Å². The lowest BCUT2D eigenvalue weighted by atomic mass is 10.1. The molecule has 1 aromatic carbocycles. The molecule has 0 radical (unpaired) electrons. The summed E-state index contributed by atoms with van der Waals surface area (Å²) >= 11 is 5.14. The number of benzene rings is 1. The highest BCUT2D eigenvalue weighted by atomic mass is 32.1. The zero-order chi connectivity index (χ0) is 13.0. The predicted octanol–water partition coefficient (Wildman–Crippen LogP) is 2.96. The van der Waals surface area contributed by atoms with Gasteiger partial charge in [0.1, 0.15) is 22.8 Å². The molecule has 0 atom stereocenters. The molecule has 5 heteroatoms. The maximum atomic E-state index is 5.14. The summed E-state index contributed by atoms with van der Waals surface area (Å²) in [5.41, 5.74) is 1.95. The summed E-state index contributed by atoms with van der Waals surface area (Å²) in [4.78, 5) is 7.39. The van der Waals surface area contributed by atoms with Gasteiger partial charge in [-0.3, -0.25) is 0 Å². The second-order valence-electron chi connectivity index (χ2n) is 3.74. The average molecular weight is 262 g/mol. The van der Waals surface area contributed by atoms with Crippen LogP contribution in [0.15, 0.2) is 30.3 Å². The smallest absolute Gasteiger partial charge is 0.134 e. The van der Waals surface area contributed by atoms with Crippen LogP contribution in [0.3, 0.4) is 0 Å². The van der Waals surface area contributed by atoms with Crippen molar-refractivity contribution in [3.8, 4) is 17.0 Å². The normalized spacial score (nSPS) is 10.3. The maximum Gasteiger partial charge on any atom is 0.134 e. The number of H-pyrrole nitrogens is 1. The molecule has 0 saturated carbocycles. The zero-order valence-corrected chi connectivity index (χ0v) is 11.1. The molecule has 0 aliphatic rings. The molecule has 0 bridgehead atoms. The molecule has 1 aromatic heterocycles. The Balaban J connectivity index is 2.39. The number of hydrogen-bond acceptors (Lipinski definition) is 4. The number of hydrogen-bond donors (Lipinski definition) is 1. The molecule has 0 aliphatic carbocycles. The number of nitrogens with one attached hydrogen (secondary N) is 1. The maximum absolute atomic E-state index is 5.14. The van der Waals surface area contributed by atoms with E-state index in [2.05, 4.69) is 9.97 Å². The quantitative estimate of drug-likeness (QED) is 0.861. The Bertz CT molecular complexity index is 578. The van der Waals surface area contributed by atoms with Gasteiger partial charge >= 0.3 is 0 Å². The van der Waals surface area contributed by atoms with Crippen molar-refractivity contribution in [3.05, 3.63) is 40.8 Å². The highest BCUT2D eigenvalue weighted by molar-refractivity contribution is 7.71. The van der Waals surface area contributed by atoms with Crippen LogP contribution in [0.4, 0.5) is 0 Å². The molecular weight excluding hydrogens is 248 g/mol. The summed E-state index contributed by atoms with van der Waals surface area (Å²) in [6.07, 6.45) is 0. The fraction of sp³-hybridized carbons (Fsp3) is 0.231. The number of rotatable bonds is 4. The fourth-order valence-electron chi connectivity index (χ4n) is 1.64. The van der Waals surface area contributed by atoms with E-state index < -0.39 is 0 Å². The average Bonchev–Trinajstić information content (AvgIpc) is 2.38. The second kappa shape index (κ2) is 5.75. The van der Waals surface area contributed by atoms with Crippen molar-refractivity contribution in [3.63, 3.8) is 0 Å². The van der Waals surface area contributed by atoms with Crippen molar-refractivity contribution in [1.29, 1.82) is 0 Å². The van der Waals surface area contributed by atoms with Crippen LogP contribution in [0.2, 0.25) is 0 Å². The number of nitrogens with zero attached hydrogens (tertiary/aromatic N) is 1. The molecule has 0 amide bonds. The first-order valence-electron chi connectivity index (χ1n) is 5.46. The second-order valence-corrected chi connectivity index (χ2v) is 4.16. The topological polar surface area (TPSA) is 47.1 Å². The Kier molecular flexibility index (Phi) is 4.07. The minimum absolute atomic E-state index is 0.410. The molecule has 0 fully saturated rings. The molecular formula is C13H14N2O2S. The Morgan fingerprint density at radius 1 is 1.22 bits per heavy atom. The monoisotopic (exact) mass is 262 g/mol.